The van der Waals surface area contributed by atoms with Crippen molar-refractivity contribution in [1.29, 1.82) is 0 Å². The molecule has 5 heteroatoms. The maximum absolute atomic E-state index is 10.5. The van der Waals surface area contributed by atoms with Crippen LogP contribution in [0.2, 0.25) is 0 Å². The Morgan fingerprint density at radius 1 is 1.05 bits per heavy atom. The summed E-state index contributed by atoms with van der Waals surface area (Å²) < 4.78 is 5.04. The Balaban J connectivity index is 1.87. The standard InChI is InChI=1S/C15H10N2O3/c18-17(19)15-10-9-13(20-15)8-7-12-6-5-11-3-1-2-4-14(11)16-12/h1-10H/b8-7-. The van der Waals surface area contributed by atoms with Crippen LogP contribution in [-0.4, -0.2) is 9.91 Å². The average molecular weight is 266 g/mol. The zero-order valence-electron chi connectivity index (χ0n) is 10.4. The van der Waals surface area contributed by atoms with Gasteiger partial charge in [0.25, 0.3) is 0 Å². The van der Waals surface area contributed by atoms with E-state index in [1.54, 1.807) is 18.2 Å². The lowest BCUT2D eigenvalue weighted by molar-refractivity contribution is -0.402. The summed E-state index contributed by atoms with van der Waals surface area (Å²) in [5, 5.41) is 11.6. The monoisotopic (exact) mass is 266 g/mol. The van der Waals surface area contributed by atoms with E-state index >= 15 is 0 Å². The van der Waals surface area contributed by atoms with E-state index in [1.807, 2.05) is 36.4 Å². The zero-order valence-corrected chi connectivity index (χ0v) is 10.4. The van der Waals surface area contributed by atoms with Crippen LogP contribution in [0.4, 0.5) is 5.88 Å². The molecule has 0 saturated heterocycles. The molecule has 98 valence electrons. The van der Waals surface area contributed by atoms with Crippen LogP contribution in [0, 0.1) is 10.1 Å². The molecule has 1 aromatic carbocycles. The molecule has 0 radical (unpaired) electrons. The molecular weight excluding hydrogens is 256 g/mol. The van der Waals surface area contributed by atoms with Crippen molar-refractivity contribution in [2.24, 2.45) is 0 Å². The normalized spacial score (nSPS) is 11.2. The number of hydrogen-bond acceptors (Lipinski definition) is 4. The van der Waals surface area contributed by atoms with Crippen molar-refractivity contribution in [3.05, 3.63) is 70.1 Å². The lowest BCUT2D eigenvalue weighted by Crippen LogP contribution is -1.83. The van der Waals surface area contributed by atoms with Crippen molar-refractivity contribution in [3.8, 4) is 0 Å². The van der Waals surface area contributed by atoms with E-state index in [4.69, 9.17) is 4.42 Å². The van der Waals surface area contributed by atoms with Crippen LogP contribution in [0.15, 0.2) is 52.9 Å². The molecule has 3 rings (SSSR count). The second kappa shape index (κ2) is 4.97. The largest absolute Gasteiger partial charge is 0.433 e. The molecule has 2 aromatic heterocycles. The van der Waals surface area contributed by atoms with Crippen molar-refractivity contribution in [3.63, 3.8) is 0 Å². The Hall–Kier alpha value is -2.95. The molecule has 3 aromatic rings. The van der Waals surface area contributed by atoms with Crippen LogP contribution >= 0.6 is 0 Å². The molecule has 0 saturated carbocycles. The van der Waals surface area contributed by atoms with Gasteiger partial charge in [-0.25, -0.2) is 4.98 Å². The predicted molar refractivity (Wildman–Crippen MR) is 76.0 cm³/mol. The van der Waals surface area contributed by atoms with Gasteiger partial charge in [0.15, 0.2) is 0 Å². The molecule has 0 amide bonds. The van der Waals surface area contributed by atoms with Gasteiger partial charge in [-0.15, -0.1) is 0 Å². The van der Waals surface area contributed by atoms with E-state index in [9.17, 15) is 10.1 Å². The third-order valence-electron chi connectivity index (χ3n) is 2.83. The highest BCUT2D eigenvalue weighted by molar-refractivity contribution is 5.80. The summed E-state index contributed by atoms with van der Waals surface area (Å²) in [6.07, 6.45) is 3.42. The molecule has 0 fully saturated rings. The van der Waals surface area contributed by atoms with Crippen molar-refractivity contribution in [2.75, 3.05) is 0 Å². The number of hydrogen-bond donors (Lipinski definition) is 0. The second-order valence-electron chi connectivity index (χ2n) is 4.20. The number of benzene rings is 1. The minimum atomic E-state index is -0.564. The topological polar surface area (TPSA) is 69.2 Å². The van der Waals surface area contributed by atoms with E-state index in [-0.39, 0.29) is 5.88 Å². The van der Waals surface area contributed by atoms with Gasteiger partial charge in [0.2, 0.25) is 0 Å². The van der Waals surface area contributed by atoms with E-state index in [1.165, 1.54) is 6.07 Å². The quantitative estimate of drug-likeness (QED) is 0.532. The summed E-state index contributed by atoms with van der Waals surface area (Å²) in [4.78, 5) is 14.4. The van der Waals surface area contributed by atoms with Gasteiger partial charge in [-0.05, 0) is 30.4 Å². The number of nitro groups is 1. The van der Waals surface area contributed by atoms with Crippen LogP contribution in [-0.2, 0) is 0 Å². The number of aromatic nitrogens is 1. The smallest absolute Gasteiger partial charge is 0.401 e. The van der Waals surface area contributed by atoms with Crippen molar-refractivity contribution in [2.45, 2.75) is 0 Å². The van der Waals surface area contributed by atoms with Gasteiger partial charge in [-0.3, -0.25) is 10.1 Å². The molecule has 0 unspecified atom stereocenters. The molecule has 2 heterocycles. The summed E-state index contributed by atoms with van der Waals surface area (Å²) >= 11 is 0. The molecular formula is C15H10N2O3. The zero-order chi connectivity index (χ0) is 13.9. The SMILES string of the molecule is O=[N+]([O-])c1ccc(/C=C\c2ccc3ccccc3n2)o1. The molecule has 0 N–H and O–H groups in total. The minimum absolute atomic E-state index is 0.267. The van der Waals surface area contributed by atoms with Gasteiger partial charge in [0, 0.05) is 5.39 Å². The van der Waals surface area contributed by atoms with Gasteiger partial charge in [-0.2, -0.15) is 0 Å². The first-order valence-corrected chi connectivity index (χ1v) is 6.00. The van der Waals surface area contributed by atoms with Crippen LogP contribution in [0.5, 0.6) is 0 Å². The fraction of sp³-hybridized carbons (Fsp3) is 0. The summed E-state index contributed by atoms with van der Waals surface area (Å²) in [5.74, 6) is 0.155. The lowest BCUT2D eigenvalue weighted by atomic mass is 10.2. The van der Waals surface area contributed by atoms with Gasteiger partial charge in [-0.1, -0.05) is 24.3 Å². The molecule has 5 nitrogen and oxygen atoms in total. The lowest BCUT2D eigenvalue weighted by Gasteiger charge is -1.97. The highest BCUT2D eigenvalue weighted by atomic mass is 16.6. The summed E-state index contributed by atoms with van der Waals surface area (Å²) in [7, 11) is 0. The molecule has 0 aliphatic rings. The fourth-order valence-electron chi connectivity index (χ4n) is 1.87. The maximum Gasteiger partial charge on any atom is 0.433 e. The van der Waals surface area contributed by atoms with Crippen molar-refractivity contribution in [1.82, 2.24) is 4.98 Å². The third kappa shape index (κ3) is 2.42. The number of fused-ring (bicyclic) bond motifs is 1. The van der Waals surface area contributed by atoms with E-state index in [0.29, 0.717) is 5.76 Å². The van der Waals surface area contributed by atoms with Crippen molar-refractivity contribution >= 4 is 28.9 Å². The molecule has 20 heavy (non-hydrogen) atoms. The fourth-order valence-corrected chi connectivity index (χ4v) is 1.87. The average Bonchev–Trinajstić information content (AvgIpc) is 2.94. The highest BCUT2D eigenvalue weighted by Gasteiger charge is 2.09. The van der Waals surface area contributed by atoms with Gasteiger partial charge >= 0.3 is 5.88 Å². The summed E-state index contributed by atoms with van der Waals surface area (Å²) in [6.45, 7) is 0. The van der Waals surface area contributed by atoms with E-state index in [2.05, 4.69) is 4.98 Å². The third-order valence-corrected chi connectivity index (χ3v) is 2.83. The molecule has 0 spiro atoms. The maximum atomic E-state index is 10.5. The minimum Gasteiger partial charge on any atom is -0.401 e. The number of pyridine rings is 1. The van der Waals surface area contributed by atoms with Crippen LogP contribution < -0.4 is 0 Å². The first-order chi connectivity index (χ1) is 9.72. The first-order valence-electron chi connectivity index (χ1n) is 6.00. The summed E-state index contributed by atoms with van der Waals surface area (Å²) in [5.41, 5.74) is 1.67. The number of nitrogens with zero attached hydrogens (tertiary/aromatic N) is 2. The van der Waals surface area contributed by atoms with E-state index < -0.39 is 4.92 Å². The molecule has 0 aliphatic carbocycles. The number of rotatable bonds is 3. The van der Waals surface area contributed by atoms with Crippen LogP contribution in [0.25, 0.3) is 23.1 Å². The van der Waals surface area contributed by atoms with Crippen LogP contribution in [0.3, 0.4) is 0 Å². The molecule has 0 bridgehead atoms. The number of para-hydroxylation sites is 1. The Bertz CT molecular complexity index is 805. The number of furan rings is 1. The van der Waals surface area contributed by atoms with Gasteiger partial charge in [0.05, 0.1) is 17.3 Å². The molecule has 0 atom stereocenters. The highest BCUT2D eigenvalue weighted by Crippen LogP contribution is 2.18. The van der Waals surface area contributed by atoms with E-state index in [0.717, 1.165) is 16.6 Å². The Morgan fingerprint density at radius 2 is 1.90 bits per heavy atom. The Morgan fingerprint density at radius 3 is 2.70 bits per heavy atom. The van der Waals surface area contributed by atoms with Gasteiger partial charge in [0.1, 0.15) is 10.7 Å². The predicted octanol–water partition coefficient (Wildman–Crippen LogP) is 3.91. The first kappa shape index (κ1) is 12.1. The second-order valence-corrected chi connectivity index (χ2v) is 4.20. The van der Waals surface area contributed by atoms with Crippen LogP contribution in [0.1, 0.15) is 11.5 Å². The van der Waals surface area contributed by atoms with Crippen molar-refractivity contribution < 1.29 is 9.34 Å². The summed E-state index contributed by atoms with van der Waals surface area (Å²) in [6, 6.07) is 14.6. The Labute approximate surface area is 114 Å². The van der Waals surface area contributed by atoms with Gasteiger partial charge < -0.3 is 4.42 Å². The Kier molecular flexibility index (Phi) is 3.01. The molecule has 0 aliphatic heterocycles.